The van der Waals surface area contributed by atoms with Crippen LogP contribution in [-0.4, -0.2) is 28.5 Å². The summed E-state index contributed by atoms with van der Waals surface area (Å²) in [5.41, 5.74) is 1.43. The lowest BCUT2D eigenvalue weighted by molar-refractivity contribution is -0.111. The molecule has 144 valence electrons. The lowest BCUT2D eigenvalue weighted by Crippen LogP contribution is -2.15. The molecule has 2 aromatic rings. The Kier molecular flexibility index (Phi) is 6.48. The maximum atomic E-state index is 12.1. The van der Waals surface area contributed by atoms with E-state index in [2.05, 4.69) is 5.32 Å². The molecule has 0 fully saturated rings. The van der Waals surface area contributed by atoms with Gasteiger partial charge >= 0.3 is 0 Å². The van der Waals surface area contributed by atoms with E-state index in [1.807, 2.05) is 0 Å². The van der Waals surface area contributed by atoms with Gasteiger partial charge in [-0.2, -0.15) is 0 Å². The van der Waals surface area contributed by atoms with Crippen LogP contribution in [0, 0.1) is 6.92 Å². The summed E-state index contributed by atoms with van der Waals surface area (Å²) in [5.74, 6) is 0.377. The molecular formula is C18H19ClN2O5S. The largest absolute Gasteiger partial charge is 0.493 e. The maximum absolute atomic E-state index is 12.1. The van der Waals surface area contributed by atoms with Crippen molar-refractivity contribution in [2.75, 3.05) is 19.5 Å². The van der Waals surface area contributed by atoms with Crippen molar-refractivity contribution in [2.45, 2.75) is 11.8 Å². The van der Waals surface area contributed by atoms with Crippen molar-refractivity contribution >= 4 is 39.3 Å². The first-order valence-corrected chi connectivity index (χ1v) is 9.62. The van der Waals surface area contributed by atoms with E-state index in [4.69, 9.17) is 26.2 Å². The lowest BCUT2D eigenvalue weighted by Gasteiger charge is -2.10. The van der Waals surface area contributed by atoms with E-state index in [1.165, 1.54) is 32.4 Å². The Bertz CT molecular complexity index is 1000. The van der Waals surface area contributed by atoms with Crippen molar-refractivity contribution in [2.24, 2.45) is 5.14 Å². The van der Waals surface area contributed by atoms with Crippen LogP contribution in [0.2, 0.25) is 5.02 Å². The van der Waals surface area contributed by atoms with Crippen LogP contribution in [-0.2, 0) is 14.8 Å². The summed E-state index contributed by atoms with van der Waals surface area (Å²) in [6.07, 6.45) is 2.83. The van der Waals surface area contributed by atoms with Gasteiger partial charge < -0.3 is 14.8 Å². The topological polar surface area (TPSA) is 108 Å². The van der Waals surface area contributed by atoms with E-state index >= 15 is 0 Å². The van der Waals surface area contributed by atoms with Crippen molar-refractivity contribution in [3.8, 4) is 11.5 Å². The third-order valence-corrected chi connectivity index (χ3v) is 4.98. The molecule has 9 heteroatoms. The van der Waals surface area contributed by atoms with Gasteiger partial charge in [0.15, 0.2) is 11.5 Å². The summed E-state index contributed by atoms with van der Waals surface area (Å²) in [6.45, 7) is 1.62. The van der Waals surface area contributed by atoms with Crippen LogP contribution in [0.3, 0.4) is 0 Å². The number of nitrogens with two attached hydrogens (primary N) is 1. The fourth-order valence-corrected chi connectivity index (χ4v) is 3.48. The number of hydrogen-bond acceptors (Lipinski definition) is 5. The van der Waals surface area contributed by atoms with E-state index in [-0.39, 0.29) is 4.90 Å². The molecule has 0 saturated heterocycles. The smallest absolute Gasteiger partial charge is 0.248 e. The van der Waals surface area contributed by atoms with E-state index < -0.39 is 15.9 Å². The fraction of sp³-hybridized carbons (Fsp3) is 0.167. The van der Waals surface area contributed by atoms with Gasteiger partial charge in [0.2, 0.25) is 15.9 Å². The van der Waals surface area contributed by atoms with Gasteiger partial charge in [0.1, 0.15) is 0 Å². The zero-order valence-corrected chi connectivity index (χ0v) is 16.5. The molecule has 0 saturated carbocycles. The second-order valence-electron chi connectivity index (χ2n) is 5.59. The second-order valence-corrected chi connectivity index (χ2v) is 7.52. The first kappa shape index (κ1) is 20.8. The number of carbonyl (C=O) groups is 1. The van der Waals surface area contributed by atoms with Crippen LogP contribution >= 0.6 is 11.6 Å². The summed E-state index contributed by atoms with van der Waals surface area (Å²) in [7, 11) is -0.919. The zero-order valence-electron chi connectivity index (χ0n) is 14.9. The molecule has 0 atom stereocenters. The minimum atomic E-state index is -3.88. The molecule has 27 heavy (non-hydrogen) atoms. The third kappa shape index (κ3) is 5.22. The molecule has 2 aromatic carbocycles. The molecule has 0 radical (unpaired) electrons. The Morgan fingerprint density at radius 3 is 2.48 bits per heavy atom. The van der Waals surface area contributed by atoms with E-state index in [0.29, 0.717) is 33.3 Å². The molecule has 1 amide bonds. The SMILES string of the molecule is COc1cc(/C=C/C(=O)Nc2ccc(C)c(S(N)(=O)=O)c2)cc(Cl)c1OC. The highest BCUT2D eigenvalue weighted by molar-refractivity contribution is 7.89. The summed E-state index contributed by atoms with van der Waals surface area (Å²) < 4.78 is 33.5. The van der Waals surface area contributed by atoms with Crippen molar-refractivity contribution in [1.29, 1.82) is 0 Å². The Morgan fingerprint density at radius 1 is 1.19 bits per heavy atom. The minimum Gasteiger partial charge on any atom is -0.493 e. The molecule has 0 spiro atoms. The van der Waals surface area contributed by atoms with Gasteiger partial charge in [-0.25, -0.2) is 13.6 Å². The van der Waals surface area contributed by atoms with E-state index in [9.17, 15) is 13.2 Å². The Morgan fingerprint density at radius 2 is 1.89 bits per heavy atom. The van der Waals surface area contributed by atoms with Crippen LogP contribution in [0.1, 0.15) is 11.1 Å². The number of amides is 1. The van der Waals surface area contributed by atoms with Crippen LogP contribution in [0.5, 0.6) is 11.5 Å². The molecule has 2 rings (SSSR count). The molecule has 0 aliphatic rings. The summed E-state index contributed by atoms with van der Waals surface area (Å²) in [4.78, 5) is 12.1. The quantitative estimate of drug-likeness (QED) is 0.712. The second kappa shape index (κ2) is 8.43. The number of carbonyl (C=O) groups excluding carboxylic acids is 1. The predicted octanol–water partition coefficient (Wildman–Crippen LogP) is 2.96. The number of aryl methyl sites for hydroxylation is 1. The molecule has 3 N–H and O–H groups in total. The average molecular weight is 411 g/mol. The molecule has 7 nitrogen and oxygen atoms in total. The normalized spacial score (nSPS) is 11.4. The number of rotatable bonds is 6. The monoisotopic (exact) mass is 410 g/mol. The van der Waals surface area contributed by atoms with Gasteiger partial charge in [0, 0.05) is 11.8 Å². The molecule has 0 aliphatic carbocycles. The number of sulfonamides is 1. The van der Waals surface area contributed by atoms with Gasteiger partial charge in [0.05, 0.1) is 24.1 Å². The van der Waals surface area contributed by atoms with Gasteiger partial charge in [-0.05, 0) is 48.4 Å². The highest BCUT2D eigenvalue weighted by atomic mass is 35.5. The molecular weight excluding hydrogens is 392 g/mol. The van der Waals surface area contributed by atoms with Crippen LogP contribution in [0.15, 0.2) is 41.3 Å². The molecule has 0 unspecified atom stereocenters. The van der Waals surface area contributed by atoms with Crippen molar-refractivity contribution in [1.82, 2.24) is 0 Å². The number of ether oxygens (including phenoxy) is 2. The fourth-order valence-electron chi connectivity index (χ4n) is 2.37. The van der Waals surface area contributed by atoms with Crippen molar-refractivity contribution < 1.29 is 22.7 Å². The third-order valence-electron chi connectivity index (χ3n) is 3.65. The predicted molar refractivity (Wildman–Crippen MR) is 105 cm³/mol. The average Bonchev–Trinajstić information content (AvgIpc) is 2.60. The molecule has 0 heterocycles. The van der Waals surface area contributed by atoms with Gasteiger partial charge in [-0.3, -0.25) is 4.79 Å². The van der Waals surface area contributed by atoms with E-state index in [0.717, 1.165) is 0 Å². The maximum Gasteiger partial charge on any atom is 0.248 e. The lowest BCUT2D eigenvalue weighted by atomic mass is 10.2. The van der Waals surface area contributed by atoms with Crippen LogP contribution in [0.25, 0.3) is 6.08 Å². The molecule has 0 aliphatic heterocycles. The zero-order chi connectivity index (χ0) is 20.2. The van der Waals surface area contributed by atoms with Crippen LogP contribution < -0.4 is 19.9 Å². The van der Waals surface area contributed by atoms with Crippen molar-refractivity contribution in [3.05, 3.63) is 52.6 Å². The number of nitrogens with one attached hydrogen (secondary N) is 1. The minimum absolute atomic E-state index is 0.0454. The number of halogens is 1. The number of anilines is 1. The van der Waals surface area contributed by atoms with Crippen molar-refractivity contribution in [3.63, 3.8) is 0 Å². The molecule has 0 aromatic heterocycles. The van der Waals surface area contributed by atoms with Crippen LogP contribution in [0.4, 0.5) is 5.69 Å². The Hall–Kier alpha value is -2.55. The Balaban J connectivity index is 2.20. The summed E-state index contributed by atoms with van der Waals surface area (Å²) in [5, 5.41) is 8.09. The summed E-state index contributed by atoms with van der Waals surface area (Å²) in [6, 6.07) is 7.75. The first-order valence-electron chi connectivity index (χ1n) is 7.69. The highest BCUT2D eigenvalue weighted by Gasteiger charge is 2.13. The number of primary sulfonamides is 1. The standard InChI is InChI=1S/C18H19ClN2O5S/c1-11-4-6-13(10-16(11)27(20,23)24)21-17(22)7-5-12-8-14(19)18(26-3)15(9-12)25-2/h4-10H,1-3H3,(H,21,22)(H2,20,23,24)/b7-5+. The number of methoxy groups -OCH3 is 2. The Labute approximate surface area is 162 Å². The van der Waals surface area contributed by atoms with E-state index in [1.54, 1.807) is 31.2 Å². The van der Waals surface area contributed by atoms with Gasteiger partial charge in [-0.15, -0.1) is 0 Å². The highest BCUT2D eigenvalue weighted by Crippen LogP contribution is 2.36. The first-order chi connectivity index (χ1) is 12.7. The van der Waals surface area contributed by atoms with Gasteiger partial charge in [-0.1, -0.05) is 17.7 Å². The molecule has 0 bridgehead atoms. The number of hydrogen-bond donors (Lipinski definition) is 2. The summed E-state index contributed by atoms with van der Waals surface area (Å²) >= 11 is 6.13. The number of benzene rings is 2. The van der Waals surface area contributed by atoms with Gasteiger partial charge in [0.25, 0.3) is 0 Å².